The molecule has 2 aromatic rings. The Balaban J connectivity index is 1.68. The van der Waals surface area contributed by atoms with Gasteiger partial charge in [-0.15, -0.1) is 0 Å². The lowest BCUT2D eigenvalue weighted by atomic mass is 10.0. The maximum absolute atomic E-state index is 12.8. The minimum absolute atomic E-state index is 0.113. The molecule has 1 aliphatic rings. The van der Waals surface area contributed by atoms with Crippen molar-refractivity contribution < 1.29 is 9.63 Å². The molecule has 1 heterocycles. The Labute approximate surface area is 172 Å². The van der Waals surface area contributed by atoms with Crippen molar-refractivity contribution in [3.05, 3.63) is 70.2 Å². The summed E-state index contributed by atoms with van der Waals surface area (Å²) in [5.41, 5.74) is 4.15. The van der Waals surface area contributed by atoms with E-state index in [4.69, 9.17) is 16.4 Å². The quantitative estimate of drug-likeness (QED) is 0.641. The number of amides is 1. The zero-order valence-corrected chi connectivity index (χ0v) is 17.4. The van der Waals surface area contributed by atoms with Crippen LogP contribution in [0.15, 0.2) is 53.7 Å². The highest BCUT2D eigenvalue weighted by Gasteiger charge is 2.27. The first-order valence-corrected chi connectivity index (χ1v) is 10.1. The van der Waals surface area contributed by atoms with Crippen LogP contribution in [0.1, 0.15) is 43.4 Å². The van der Waals surface area contributed by atoms with Crippen LogP contribution in [0.25, 0.3) is 0 Å². The molecule has 0 saturated carbocycles. The lowest BCUT2D eigenvalue weighted by Gasteiger charge is -2.26. The van der Waals surface area contributed by atoms with Gasteiger partial charge in [0.1, 0.15) is 0 Å². The maximum Gasteiger partial charge on any atom is 0.223 e. The Morgan fingerprint density at radius 1 is 1.21 bits per heavy atom. The molecular formula is C23H27ClN2O2. The molecule has 4 nitrogen and oxygen atoms in total. The van der Waals surface area contributed by atoms with Crippen molar-refractivity contribution in [2.24, 2.45) is 11.1 Å². The Morgan fingerprint density at radius 2 is 1.93 bits per heavy atom. The molecule has 3 rings (SSSR count). The second-order valence-corrected chi connectivity index (χ2v) is 8.21. The molecule has 0 aromatic heterocycles. The van der Waals surface area contributed by atoms with Gasteiger partial charge in [-0.2, -0.15) is 0 Å². The van der Waals surface area contributed by atoms with Crippen LogP contribution < -0.4 is 0 Å². The fourth-order valence-electron chi connectivity index (χ4n) is 3.25. The molecule has 0 aliphatic carbocycles. The molecule has 5 heteroatoms. The Bertz CT molecular complexity index is 846. The minimum atomic E-state index is -0.144. The van der Waals surface area contributed by atoms with E-state index in [1.54, 1.807) is 0 Å². The standard InChI is InChI=1S/C23H27ClN2O2/c1-16(2)12-23(27)26(14-19-6-4-5-7-21(19)24)15-20-13-22(25-28-20)18-10-8-17(3)9-11-18/h4-11,16,20H,12-15H2,1-3H3/t20-/m0/s1. The highest BCUT2D eigenvalue weighted by atomic mass is 35.5. The zero-order valence-electron chi connectivity index (χ0n) is 16.7. The summed E-state index contributed by atoms with van der Waals surface area (Å²) in [6.45, 7) is 7.14. The van der Waals surface area contributed by atoms with Crippen molar-refractivity contribution in [1.29, 1.82) is 0 Å². The number of nitrogens with zero attached hydrogens (tertiary/aromatic N) is 2. The van der Waals surface area contributed by atoms with E-state index in [0.717, 1.165) is 16.8 Å². The van der Waals surface area contributed by atoms with Gasteiger partial charge in [0.2, 0.25) is 5.91 Å². The molecule has 1 atom stereocenters. The summed E-state index contributed by atoms with van der Waals surface area (Å²) in [5, 5.41) is 4.94. The summed E-state index contributed by atoms with van der Waals surface area (Å²) in [6, 6.07) is 15.9. The van der Waals surface area contributed by atoms with E-state index in [0.29, 0.717) is 36.9 Å². The van der Waals surface area contributed by atoms with E-state index in [9.17, 15) is 4.79 Å². The number of hydrogen-bond acceptors (Lipinski definition) is 3. The first kappa shape index (κ1) is 20.4. The normalized spacial score (nSPS) is 16.0. The van der Waals surface area contributed by atoms with Gasteiger partial charge in [0.25, 0.3) is 0 Å². The van der Waals surface area contributed by atoms with Crippen molar-refractivity contribution in [3.8, 4) is 0 Å². The number of carbonyl (C=O) groups is 1. The third-order valence-corrected chi connectivity index (χ3v) is 5.17. The van der Waals surface area contributed by atoms with Gasteiger partial charge in [-0.25, -0.2) is 0 Å². The maximum atomic E-state index is 12.8. The number of oxime groups is 1. The summed E-state index contributed by atoms with van der Waals surface area (Å²) >= 11 is 6.32. The van der Waals surface area contributed by atoms with Crippen molar-refractivity contribution >= 4 is 23.2 Å². The number of rotatable bonds is 7. The van der Waals surface area contributed by atoms with Crippen molar-refractivity contribution in [2.45, 2.75) is 46.3 Å². The van der Waals surface area contributed by atoms with E-state index < -0.39 is 0 Å². The molecule has 1 amide bonds. The smallest absolute Gasteiger partial charge is 0.223 e. The van der Waals surface area contributed by atoms with Crippen LogP contribution in [0, 0.1) is 12.8 Å². The molecule has 1 aliphatic heterocycles. The van der Waals surface area contributed by atoms with Crippen LogP contribution in [0.2, 0.25) is 5.02 Å². The van der Waals surface area contributed by atoms with Crippen LogP contribution in [0.4, 0.5) is 0 Å². The van der Waals surface area contributed by atoms with Crippen LogP contribution in [-0.4, -0.2) is 29.2 Å². The van der Waals surface area contributed by atoms with E-state index in [1.165, 1.54) is 5.56 Å². The third kappa shape index (κ3) is 5.35. The van der Waals surface area contributed by atoms with E-state index in [2.05, 4.69) is 50.2 Å². The number of hydrogen-bond donors (Lipinski definition) is 0. The molecule has 0 unspecified atom stereocenters. The predicted octanol–water partition coefficient (Wildman–Crippen LogP) is 5.22. The average Bonchev–Trinajstić information content (AvgIpc) is 3.11. The fourth-order valence-corrected chi connectivity index (χ4v) is 3.45. The van der Waals surface area contributed by atoms with Gasteiger partial charge in [0, 0.05) is 24.4 Å². The number of carbonyl (C=O) groups excluding carboxylic acids is 1. The zero-order chi connectivity index (χ0) is 20.1. The molecule has 0 bridgehead atoms. The van der Waals surface area contributed by atoms with Crippen molar-refractivity contribution in [2.75, 3.05) is 6.54 Å². The average molecular weight is 399 g/mol. The third-order valence-electron chi connectivity index (χ3n) is 4.80. The van der Waals surface area contributed by atoms with Crippen LogP contribution in [0.3, 0.4) is 0 Å². The van der Waals surface area contributed by atoms with Gasteiger partial charge in [-0.3, -0.25) is 4.79 Å². The first-order valence-electron chi connectivity index (χ1n) is 9.73. The second-order valence-electron chi connectivity index (χ2n) is 7.80. The van der Waals surface area contributed by atoms with Gasteiger partial charge in [-0.05, 0) is 30.0 Å². The van der Waals surface area contributed by atoms with Gasteiger partial charge >= 0.3 is 0 Å². The summed E-state index contributed by atoms with van der Waals surface area (Å²) < 4.78 is 0. The number of aryl methyl sites for hydroxylation is 1. The fraction of sp³-hybridized carbons (Fsp3) is 0.391. The second kappa shape index (κ2) is 9.24. The van der Waals surface area contributed by atoms with Gasteiger partial charge in [0.05, 0.1) is 12.3 Å². The van der Waals surface area contributed by atoms with Gasteiger partial charge < -0.3 is 9.74 Å². The van der Waals surface area contributed by atoms with Gasteiger partial charge in [0.15, 0.2) is 6.10 Å². The molecule has 148 valence electrons. The van der Waals surface area contributed by atoms with E-state index in [-0.39, 0.29) is 12.0 Å². The monoisotopic (exact) mass is 398 g/mol. The lowest BCUT2D eigenvalue weighted by molar-refractivity contribution is -0.134. The molecule has 0 fully saturated rings. The van der Waals surface area contributed by atoms with E-state index >= 15 is 0 Å². The Kier molecular flexibility index (Phi) is 6.74. The number of halogens is 1. The van der Waals surface area contributed by atoms with E-state index in [1.807, 2.05) is 29.2 Å². The summed E-state index contributed by atoms with van der Waals surface area (Å²) in [4.78, 5) is 20.3. The molecule has 0 saturated heterocycles. The van der Waals surface area contributed by atoms with Crippen LogP contribution in [0.5, 0.6) is 0 Å². The molecular weight excluding hydrogens is 372 g/mol. The highest BCUT2D eigenvalue weighted by Crippen LogP contribution is 2.22. The summed E-state index contributed by atoms with van der Waals surface area (Å²) in [6.07, 6.45) is 1.05. The summed E-state index contributed by atoms with van der Waals surface area (Å²) in [7, 11) is 0. The SMILES string of the molecule is Cc1ccc(C2=NO[C@H](CN(Cc3ccccc3Cl)C(=O)CC(C)C)C2)cc1. The summed E-state index contributed by atoms with van der Waals surface area (Å²) in [5.74, 6) is 0.410. The molecule has 0 spiro atoms. The molecule has 0 radical (unpaired) electrons. The van der Waals surface area contributed by atoms with Gasteiger partial charge in [-0.1, -0.05) is 78.6 Å². The minimum Gasteiger partial charge on any atom is -0.390 e. The predicted molar refractivity (Wildman–Crippen MR) is 114 cm³/mol. The lowest BCUT2D eigenvalue weighted by Crippen LogP contribution is -2.37. The highest BCUT2D eigenvalue weighted by molar-refractivity contribution is 6.31. The van der Waals surface area contributed by atoms with Crippen molar-refractivity contribution in [1.82, 2.24) is 4.90 Å². The molecule has 28 heavy (non-hydrogen) atoms. The largest absolute Gasteiger partial charge is 0.390 e. The number of benzene rings is 2. The molecule has 2 aromatic carbocycles. The van der Waals surface area contributed by atoms with Crippen LogP contribution >= 0.6 is 11.6 Å². The Hall–Kier alpha value is -2.33. The van der Waals surface area contributed by atoms with Crippen LogP contribution in [-0.2, 0) is 16.2 Å². The topological polar surface area (TPSA) is 41.9 Å². The van der Waals surface area contributed by atoms with Crippen molar-refractivity contribution in [3.63, 3.8) is 0 Å². The first-order chi connectivity index (χ1) is 13.4. The molecule has 0 N–H and O–H groups in total. The Morgan fingerprint density at radius 3 is 2.61 bits per heavy atom.